The zero-order valence-corrected chi connectivity index (χ0v) is 9.18. The average molecular weight is 235 g/mol. The van der Waals surface area contributed by atoms with Crippen LogP contribution in [-0.2, 0) is 4.79 Å². The van der Waals surface area contributed by atoms with Gasteiger partial charge in [0.2, 0.25) is 5.91 Å². The number of piperazine rings is 1. The van der Waals surface area contributed by atoms with Crippen molar-refractivity contribution in [1.82, 2.24) is 10.2 Å². The van der Waals surface area contributed by atoms with Gasteiger partial charge in [-0.15, -0.1) is 17.0 Å². The molecule has 0 atom stereocenters. The summed E-state index contributed by atoms with van der Waals surface area (Å²) < 4.78 is 0. The van der Waals surface area contributed by atoms with Gasteiger partial charge in [0.1, 0.15) is 0 Å². The minimum absolute atomic E-state index is 0. The molecule has 0 bridgehead atoms. The number of hydrogen-bond acceptors (Lipinski definition) is 2. The molecule has 0 aliphatic carbocycles. The summed E-state index contributed by atoms with van der Waals surface area (Å²) >= 11 is 0. The highest BCUT2D eigenvalue weighted by Crippen LogP contribution is 2.06. The van der Waals surface area contributed by atoms with Crippen LogP contribution in [0.3, 0.4) is 0 Å². The van der Waals surface area contributed by atoms with Crippen LogP contribution in [0.1, 0.15) is 13.8 Å². The lowest BCUT2D eigenvalue weighted by atomic mass is 10.2. The Morgan fingerprint density at radius 1 is 1.67 bits per heavy atom. The zero-order valence-electron chi connectivity index (χ0n) is 7.46. The molecule has 4 heteroatoms. The van der Waals surface area contributed by atoms with E-state index in [9.17, 15) is 4.79 Å². The van der Waals surface area contributed by atoms with Crippen molar-refractivity contribution in [2.24, 2.45) is 0 Å². The molecule has 0 spiro atoms. The maximum atomic E-state index is 11.0. The number of nitrogens with zero attached hydrogens (tertiary/aromatic N) is 1. The van der Waals surface area contributed by atoms with E-state index < -0.39 is 0 Å². The summed E-state index contributed by atoms with van der Waals surface area (Å²) in [6, 6.07) is 0. The summed E-state index contributed by atoms with van der Waals surface area (Å²) in [6.45, 7) is 6.08. The van der Waals surface area contributed by atoms with Gasteiger partial charge in [-0.1, -0.05) is 6.08 Å². The maximum absolute atomic E-state index is 11.0. The van der Waals surface area contributed by atoms with Crippen LogP contribution in [0.5, 0.6) is 0 Å². The lowest BCUT2D eigenvalue weighted by molar-refractivity contribution is -0.127. The highest BCUT2D eigenvalue weighted by molar-refractivity contribution is 8.93. The summed E-state index contributed by atoms with van der Waals surface area (Å²) in [5.74, 6) is 0.139. The van der Waals surface area contributed by atoms with Gasteiger partial charge in [-0.25, -0.2) is 0 Å². The normalized spacial score (nSPS) is 20.5. The summed E-state index contributed by atoms with van der Waals surface area (Å²) in [6.07, 6.45) is 1.98. The van der Waals surface area contributed by atoms with Gasteiger partial charge in [-0.05, 0) is 6.92 Å². The van der Waals surface area contributed by atoms with E-state index in [4.69, 9.17) is 0 Å². The number of rotatable bonds is 0. The topological polar surface area (TPSA) is 32.3 Å². The number of halogens is 1. The molecule has 0 radical (unpaired) electrons. The van der Waals surface area contributed by atoms with Crippen LogP contribution < -0.4 is 5.32 Å². The fraction of sp³-hybridized carbons (Fsp3) is 0.625. The largest absolute Gasteiger partial charge is 0.314 e. The van der Waals surface area contributed by atoms with Crippen LogP contribution in [0.2, 0.25) is 0 Å². The number of allylic oxidation sites excluding steroid dienone is 1. The van der Waals surface area contributed by atoms with Gasteiger partial charge in [-0.2, -0.15) is 0 Å². The summed E-state index contributed by atoms with van der Waals surface area (Å²) in [4.78, 5) is 12.8. The molecule has 1 heterocycles. The Morgan fingerprint density at radius 3 is 2.75 bits per heavy atom. The molecule has 3 nitrogen and oxygen atoms in total. The van der Waals surface area contributed by atoms with Gasteiger partial charge in [0.15, 0.2) is 0 Å². The van der Waals surface area contributed by atoms with Crippen molar-refractivity contribution in [2.45, 2.75) is 13.8 Å². The maximum Gasteiger partial charge on any atom is 0.223 e. The minimum Gasteiger partial charge on any atom is -0.314 e. The number of amides is 1. The third-order valence-corrected chi connectivity index (χ3v) is 1.88. The second-order valence-corrected chi connectivity index (χ2v) is 2.63. The van der Waals surface area contributed by atoms with Crippen molar-refractivity contribution >= 4 is 22.9 Å². The highest BCUT2D eigenvalue weighted by atomic mass is 79.9. The molecule has 0 aromatic carbocycles. The molecule has 0 saturated carbocycles. The van der Waals surface area contributed by atoms with Crippen LogP contribution in [0.25, 0.3) is 0 Å². The van der Waals surface area contributed by atoms with Crippen LogP contribution >= 0.6 is 17.0 Å². The quantitative estimate of drug-likeness (QED) is 0.677. The van der Waals surface area contributed by atoms with E-state index in [2.05, 4.69) is 5.32 Å². The van der Waals surface area contributed by atoms with Crippen molar-refractivity contribution in [2.75, 3.05) is 19.6 Å². The zero-order chi connectivity index (χ0) is 8.27. The predicted octanol–water partition coefficient (Wildman–Crippen LogP) is 0.920. The molecule has 1 N–H and O–H groups in total. The lowest BCUT2D eigenvalue weighted by Gasteiger charge is -2.29. The average Bonchev–Trinajstić information content (AvgIpc) is 2.04. The Balaban J connectivity index is 0.00000121. The van der Waals surface area contributed by atoms with E-state index in [1.807, 2.05) is 17.9 Å². The Labute approximate surface area is 83.6 Å². The molecule has 70 valence electrons. The molecular formula is C8H15BrN2O. The first-order chi connectivity index (χ1) is 5.25. The molecule has 1 aliphatic rings. The molecular weight excluding hydrogens is 220 g/mol. The van der Waals surface area contributed by atoms with Crippen molar-refractivity contribution in [3.8, 4) is 0 Å². The van der Waals surface area contributed by atoms with Gasteiger partial charge in [0, 0.05) is 32.3 Å². The fourth-order valence-electron chi connectivity index (χ4n) is 1.26. The Kier molecular flexibility index (Phi) is 5.17. The van der Waals surface area contributed by atoms with E-state index in [0.717, 1.165) is 25.3 Å². The van der Waals surface area contributed by atoms with Crippen molar-refractivity contribution in [1.29, 1.82) is 0 Å². The fourth-order valence-corrected chi connectivity index (χ4v) is 1.26. The van der Waals surface area contributed by atoms with Crippen LogP contribution in [-0.4, -0.2) is 30.4 Å². The van der Waals surface area contributed by atoms with Crippen molar-refractivity contribution in [3.63, 3.8) is 0 Å². The SMILES string of the molecule is Br.CC=C1CNCCN1C(C)=O. The predicted molar refractivity (Wildman–Crippen MR) is 54.3 cm³/mol. The van der Waals surface area contributed by atoms with Crippen molar-refractivity contribution in [3.05, 3.63) is 11.8 Å². The molecule has 1 amide bonds. The molecule has 0 aromatic rings. The van der Waals surface area contributed by atoms with E-state index in [-0.39, 0.29) is 22.9 Å². The molecule has 1 aliphatic heterocycles. The van der Waals surface area contributed by atoms with Gasteiger partial charge >= 0.3 is 0 Å². The second kappa shape index (κ2) is 5.32. The Hall–Kier alpha value is -0.350. The van der Waals surface area contributed by atoms with E-state index in [1.165, 1.54) is 0 Å². The molecule has 12 heavy (non-hydrogen) atoms. The summed E-state index contributed by atoms with van der Waals surface area (Å²) in [7, 11) is 0. The molecule has 0 aromatic heterocycles. The Morgan fingerprint density at radius 2 is 2.33 bits per heavy atom. The van der Waals surface area contributed by atoms with Gasteiger partial charge in [0.05, 0.1) is 0 Å². The lowest BCUT2D eigenvalue weighted by Crippen LogP contribution is -2.43. The number of carbonyl (C=O) groups excluding carboxylic acids is 1. The monoisotopic (exact) mass is 234 g/mol. The molecule has 1 saturated heterocycles. The van der Waals surface area contributed by atoms with E-state index in [0.29, 0.717) is 0 Å². The number of hydrogen-bond donors (Lipinski definition) is 1. The van der Waals surface area contributed by atoms with Crippen molar-refractivity contribution < 1.29 is 4.79 Å². The molecule has 1 rings (SSSR count). The smallest absolute Gasteiger partial charge is 0.223 e. The first kappa shape index (κ1) is 11.6. The summed E-state index contributed by atoms with van der Waals surface area (Å²) in [5.41, 5.74) is 1.09. The number of nitrogens with one attached hydrogen (secondary N) is 1. The Bertz CT molecular complexity index is 191. The minimum atomic E-state index is 0. The molecule has 0 unspecified atom stereocenters. The van der Waals surface area contributed by atoms with Gasteiger partial charge in [0.25, 0.3) is 0 Å². The third-order valence-electron chi connectivity index (χ3n) is 1.88. The standard InChI is InChI=1S/C8H14N2O.BrH/c1-3-8-6-9-4-5-10(8)7(2)11;/h3,9H,4-6H2,1-2H3;1H. The van der Waals surface area contributed by atoms with Crippen LogP contribution in [0.4, 0.5) is 0 Å². The number of carbonyl (C=O) groups is 1. The van der Waals surface area contributed by atoms with Gasteiger partial charge < -0.3 is 10.2 Å². The van der Waals surface area contributed by atoms with E-state index in [1.54, 1.807) is 6.92 Å². The van der Waals surface area contributed by atoms with Crippen LogP contribution in [0, 0.1) is 0 Å². The van der Waals surface area contributed by atoms with E-state index >= 15 is 0 Å². The third kappa shape index (κ3) is 2.60. The highest BCUT2D eigenvalue weighted by Gasteiger charge is 2.16. The first-order valence-electron chi connectivity index (χ1n) is 3.89. The first-order valence-corrected chi connectivity index (χ1v) is 3.89. The summed E-state index contributed by atoms with van der Waals surface area (Å²) in [5, 5.41) is 3.21. The van der Waals surface area contributed by atoms with Crippen LogP contribution in [0.15, 0.2) is 11.8 Å². The van der Waals surface area contributed by atoms with Gasteiger partial charge in [-0.3, -0.25) is 4.79 Å². The second-order valence-electron chi connectivity index (χ2n) is 2.63. The molecule has 1 fully saturated rings.